The van der Waals surface area contributed by atoms with Gasteiger partial charge in [0.1, 0.15) is 0 Å². The first-order chi connectivity index (χ1) is 7.15. The highest BCUT2D eigenvalue weighted by Gasteiger charge is 2.10. The molecule has 0 aliphatic heterocycles. The zero-order valence-corrected chi connectivity index (χ0v) is 10.6. The minimum Gasteiger partial charge on any atom is -0.388 e. The molecule has 1 atom stereocenters. The molecule has 3 nitrogen and oxygen atoms in total. The third-order valence-corrected chi connectivity index (χ3v) is 2.49. The number of nitrogens with zero attached hydrogens (tertiary/aromatic N) is 1. The van der Waals surface area contributed by atoms with Crippen molar-refractivity contribution in [3.05, 3.63) is 12.3 Å². The fraction of sp³-hybridized carbons (Fsp3) is 0.833. The van der Waals surface area contributed by atoms with Gasteiger partial charge in [0.25, 0.3) is 0 Å². The molecule has 0 amide bonds. The molecule has 0 aliphatic carbocycles. The average Bonchev–Trinajstić information content (AvgIpc) is 2.24. The van der Waals surface area contributed by atoms with Gasteiger partial charge in [0.15, 0.2) is 0 Å². The van der Waals surface area contributed by atoms with Gasteiger partial charge in [0.2, 0.25) is 0 Å². The molecule has 1 unspecified atom stereocenters. The van der Waals surface area contributed by atoms with Crippen LogP contribution in [0.3, 0.4) is 0 Å². The molecule has 15 heavy (non-hydrogen) atoms. The van der Waals surface area contributed by atoms with Gasteiger partial charge in [0, 0.05) is 18.8 Å². The van der Waals surface area contributed by atoms with Crippen molar-refractivity contribution in [3.63, 3.8) is 0 Å². The van der Waals surface area contributed by atoms with Gasteiger partial charge >= 0.3 is 0 Å². The van der Waals surface area contributed by atoms with Crippen molar-refractivity contribution in [2.24, 2.45) is 5.73 Å². The smallest absolute Gasteiger partial charge is 0.0567 e. The highest BCUT2D eigenvalue weighted by atomic mass is 15.1. The molecule has 0 bridgehead atoms. The molecule has 0 aromatic heterocycles. The largest absolute Gasteiger partial charge is 0.388 e. The molecule has 0 saturated heterocycles. The molecule has 0 aromatic carbocycles. The SMILES string of the molecule is C=C(NCCC)C(N)CN(CC)CCC. The lowest BCUT2D eigenvalue weighted by molar-refractivity contribution is 0.276. The van der Waals surface area contributed by atoms with E-state index in [0.29, 0.717) is 0 Å². The van der Waals surface area contributed by atoms with Crippen LogP contribution < -0.4 is 11.1 Å². The Morgan fingerprint density at radius 2 is 2.00 bits per heavy atom. The quantitative estimate of drug-likeness (QED) is 0.611. The van der Waals surface area contributed by atoms with Gasteiger partial charge < -0.3 is 16.0 Å². The maximum atomic E-state index is 6.06. The van der Waals surface area contributed by atoms with Gasteiger partial charge in [-0.25, -0.2) is 0 Å². The van der Waals surface area contributed by atoms with Crippen LogP contribution in [0.15, 0.2) is 12.3 Å². The molecule has 0 aliphatic rings. The van der Waals surface area contributed by atoms with Crippen LogP contribution in [0, 0.1) is 0 Å². The second-order valence-electron chi connectivity index (χ2n) is 3.95. The second-order valence-corrected chi connectivity index (χ2v) is 3.95. The second kappa shape index (κ2) is 8.74. The van der Waals surface area contributed by atoms with Gasteiger partial charge in [-0.2, -0.15) is 0 Å². The van der Waals surface area contributed by atoms with Gasteiger partial charge in [0.05, 0.1) is 6.04 Å². The van der Waals surface area contributed by atoms with Crippen molar-refractivity contribution in [2.45, 2.75) is 39.7 Å². The third kappa shape index (κ3) is 6.52. The topological polar surface area (TPSA) is 41.3 Å². The highest BCUT2D eigenvalue weighted by Crippen LogP contribution is 1.98. The summed E-state index contributed by atoms with van der Waals surface area (Å²) in [6.45, 7) is 14.5. The summed E-state index contributed by atoms with van der Waals surface area (Å²) in [5.41, 5.74) is 7.03. The van der Waals surface area contributed by atoms with Gasteiger partial charge in [-0.1, -0.05) is 27.4 Å². The first-order valence-corrected chi connectivity index (χ1v) is 6.06. The third-order valence-electron chi connectivity index (χ3n) is 2.49. The Kier molecular flexibility index (Phi) is 8.43. The van der Waals surface area contributed by atoms with Crippen molar-refractivity contribution >= 4 is 0 Å². The van der Waals surface area contributed by atoms with Gasteiger partial charge in [-0.05, 0) is 25.9 Å². The fourth-order valence-corrected chi connectivity index (χ4v) is 1.50. The van der Waals surface area contributed by atoms with Crippen LogP contribution >= 0.6 is 0 Å². The molecule has 0 rings (SSSR count). The summed E-state index contributed by atoms with van der Waals surface area (Å²) in [6, 6.07) is 0.0445. The van der Waals surface area contributed by atoms with E-state index in [1.807, 2.05) is 0 Å². The molecule has 90 valence electrons. The van der Waals surface area contributed by atoms with E-state index >= 15 is 0 Å². The lowest BCUT2D eigenvalue weighted by Crippen LogP contribution is -2.42. The summed E-state index contributed by atoms with van der Waals surface area (Å²) in [6.07, 6.45) is 2.29. The Bertz CT molecular complexity index is 168. The monoisotopic (exact) mass is 213 g/mol. The van der Waals surface area contributed by atoms with Crippen LogP contribution in [0.5, 0.6) is 0 Å². The van der Waals surface area contributed by atoms with E-state index in [1.54, 1.807) is 0 Å². The normalized spacial score (nSPS) is 12.9. The lowest BCUT2D eigenvalue weighted by Gasteiger charge is -2.25. The van der Waals surface area contributed by atoms with Gasteiger partial charge in [-0.3, -0.25) is 0 Å². The first-order valence-electron chi connectivity index (χ1n) is 6.06. The van der Waals surface area contributed by atoms with E-state index < -0.39 is 0 Å². The maximum absolute atomic E-state index is 6.06. The predicted octanol–water partition coefficient (Wildman–Crippen LogP) is 1.56. The number of rotatable bonds is 9. The summed E-state index contributed by atoms with van der Waals surface area (Å²) in [7, 11) is 0. The first kappa shape index (κ1) is 14.5. The number of likely N-dealkylation sites (N-methyl/N-ethyl adjacent to an activating group) is 1. The number of hydrogen-bond acceptors (Lipinski definition) is 3. The van der Waals surface area contributed by atoms with Gasteiger partial charge in [-0.15, -0.1) is 0 Å². The standard InChI is InChI=1S/C12H27N3/c1-5-8-14-11(4)12(13)10-15(7-3)9-6-2/h12,14H,4-10,13H2,1-3H3. The number of nitrogens with two attached hydrogens (primary N) is 1. The molecule has 0 saturated carbocycles. The summed E-state index contributed by atoms with van der Waals surface area (Å²) in [5, 5.41) is 3.26. The zero-order valence-electron chi connectivity index (χ0n) is 10.6. The number of hydrogen-bond donors (Lipinski definition) is 2. The van der Waals surface area contributed by atoms with Crippen LogP contribution in [-0.2, 0) is 0 Å². The van der Waals surface area contributed by atoms with Crippen LogP contribution in [-0.4, -0.2) is 37.1 Å². The van der Waals surface area contributed by atoms with E-state index in [2.05, 4.69) is 37.6 Å². The van der Waals surface area contributed by atoms with E-state index in [-0.39, 0.29) is 6.04 Å². The Hall–Kier alpha value is -0.540. The fourth-order valence-electron chi connectivity index (χ4n) is 1.50. The van der Waals surface area contributed by atoms with E-state index in [9.17, 15) is 0 Å². The van der Waals surface area contributed by atoms with Crippen LogP contribution in [0.25, 0.3) is 0 Å². The summed E-state index contributed by atoms with van der Waals surface area (Å²) in [4.78, 5) is 2.36. The molecule has 0 radical (unpaired) electrons. The summed E-state index contributed by atoms with van der Waals surface area (Å²) in [5.74, 6) is 0. The molecule has 3 heteroatoms. The lowest BCUT2D eigenvalue weighted by atomic mass is 10.2. The van der Waals surface area contributed by atoms with Crippen molar-refractivity contribution in [1.29, 1.82) is 0 Å². The molecular weight excluding hydrogens is 186 g/mol. The summed E-state index contributed by atoms with van der Waals surface area (Å²) >= 11 is 0. The van der Waals surface area contributed by atoms with Crippen molar-refractivity contribution in [2.75, 3.05) is 26.2 Å². The maximum Gasteiger partial charge on any atom is 0.0567 e. The van der Waals surface area contributed by atoms with E-state index in [0.717, 1.165) is 38.3 Å². The Labute approximate surface area is 94.7 Å². The van der Waals surface area contributed by atoms with Crippen molar-refractivity contribution < 1.29 is 0 Å². The van der Waals surface area contributed by atoms with Crippen molar-refractivity contribution in [3.8, 4) is 0 Å². The minimum atomic E-state index is 0.0445. The molecule has 0 aromatic rings. The molecule has 3 N–H and O–H groups in total. The minimum absolute atomic E-state index is 0.0445. The van der Waals surface area contributed by atoms with Crippen LogP contribution in [0.1, 0.15) is 33.6 Å². The summed E-state index contributed by atoms with van der Waals surface area (Å²) < 4.78 is 0. The molecule has 0 fully saturated rings. The Morgan fingerprint density at radius 1 is 1.33 bits per heavy atom. The van der Waals surface area contributed by atoms with E-state index in [4.69, 9.17) is 5.73 Å². The Balaban J connectivity index is 3.86. The zero-order chi connectivity index (χ0) is 11.7. The van der Waals surface area contributed by atoms with Crippen molar-refractivity contribution in [1.82, 2.24) is 10.2 Å². The average molecular weight is 213 g/mol. The molecule has 0 heterocycles. The number of nitrogens with one attached hydrogen (secondary N) is 1. The Morgan fingerprint density at radius 3 is 2.47 bits per heavy atom. The molecular formula is C12H27N3. The highest BCUT2D eigenvalue weighted by molar-refractivity contribution is 5.02. The van der Waals surface area contributed by atoms with Crippen LogP contribution in [0.4, 0.5) is 0 Å². The molecule has 0 spiro atoms. The predicted molar refractivity (Wildman–Crippen MR) is 67.8 cm³/mol. The van der Waals surface area contributed by atoms with E-state index in [1.165, 1.54) is 6.42 Å². The van der Waals surface area contributed by atoms with Crippen LogP contribution in [0.2, 0.25) is 0 Å².